The van der Waals surface area contributed by atoms with Crippen molar-refractivity contribution in [2.75, 3.05) is 11.4 Å². The second-order valence-corrected chi connectivity index (χ2v) is 9.50. The number of carbonyl (C=O) groups excluding carboxylic acids is 3. The first-order chi connectivity index (χ1) is 17.0. The average Bonchev–Trinajstić information content (AvgIpc) is 3.43. The molecule has 3 amide bonds. The number of hydrogen-bond acceptors (Lipinski definition) is 4. The van der Waals surface area contributed by atoms with E-state index in [0.717, 1.165) is 32.1 Å². The molecule has 0 aliphatic heterocycles. The summed E-state index contributed by atoms with van der Waals surface area (Å²) in [4.78, 5) is 41.5. The highest BCUT2D eigenvalue weighted by molar-refractivity contribution is 7.12. The summed E-state index contributed by atoms with van der Waals surface area (Å²) in [7, 11) is 0. The number of halogens is 1. The zero-order valence-electron chi connectivity index (χ0n) is 19.3. The van der Waals surface area contributed by atoms with Gasteiger partial charge in [0.2, 0.25) is 11.8 Å². The van der Waals surface area contributed by atoms with Gasteiger partial charge in [-0.15, -0.1) is 11.3 Å². The van der Waals surface area contributed by atoms with Crippen molar-refractivity contribution in [3.8, 4) is 0 Å². The van der Waals surface area contributed by atoms with Crippen LogP contribution in [0.15, 0.2) is 72.1 Å². The summed E-state index contributed by atoms with van der Waals surface area (Å²) in [5.74, 6) is -1.59. The van der Waals surface area contributed by atoms with Crippen LogP contribution in [0.3, 0.4) is 0 Å². The van der Waals surface area contributed by atoms with Gasteiger partial charge < -0.3 is 10.6 Å². The lowest BCUT2D eigenvalue weighted by atomic mass is 9.94. The Morgan fingerprint density at radius 1 is 0.943 bits per heavy atom. The maximum absolute atomic E-state index is 13.7. The molecule has 0 bridgehead atoms. The zero-order chi connectivity index (χ0) is 24.6. The third-order valence-electron chi connectivity index (χ3n) is 6.09. The highest BCUT2D eigenvalue weighted by atomic mass is 32.1. The molecule has 4 rings (SSSR count). The SMILES string of the molecule is O=C(NCC(=O)N(c1ccc(F)cc1)[C@@H](C(=O)NC1CCCCC1)c1ccccc1)c1cccs1. The Hall–Kier alpha value is -3.52. The van der Waals surface area contributed by atoms with Crippen molar-refractivity contribution in [2.24, 2.45) is 0 Å². The van der Waals surface area contributed by atoms with Crippen LogP contribution in [-0.2, 0) is 9.59 Å². The second-order valence-electron chi connectivity index (χ2n) is 8.56. The van der Waals surface area contributed by atoms with Crippen molar-refractivity contribution in [2.45, 2.75) is 44.2 Å². The van der Waals surface area contributed by atoms with Crippen molar-refractivity contribution in [3.05, 3.63) is 88.4 Å². The molecule has 1 aliphatic carbocycles. The number of carbonyl (C=O) groups is 3. The van der Waals surface area contributed by atoms with Crippen molar-refractivity contribution in [1.82, 2.24) is 10.6 Å². The molecule has 1 aliphatic rings. The van der Waals surface area contributed by atoms with E-state index in [1.165, 1.54) is 40.5 Å². The molecule has 2 aromatic carbocycles. The summed E-state index contributed by atoms with van der Waals surface area (Å²) in [6.07, 6.45) is 5.05. The molecule has 1 saturated carbocycles. The molecule has 182 valence electrons. The van der Waals surface area contributed by atoms with E-state index < -0.39 is 17.8 Å². The molecular weight excluding hydrogens is 465 g/mol. The first-order valence-electron chi connectivity index (χ1n) is 11.8. The topological polar surface area (TPSA) is 78.5 Å². The lowest BCUT2D eigenvalue weighted by Gasteiger charge is -2.33. The normalized spacial score (nSPS) is 14.7. The zero-order valence-corrected chi connectivity index (χ0v) is 20.1. The van der Waals surface area contributed by atoms with Gasteiger partial charge in [-0.3, -0.25) is 19.3 Å². The van der Waals surface area contributed by atoms with E-state index in [1.807, 2.05) is 18.2 Å². The monoisotopic (exact) mass is 493 g/mol. The lowest BCUT2D eigenvalue weighted by molar-refractivity contribution is -0.127. The van der Waals surface area contributed by atoms with Crippen molar-refractivity contribution < 1.29 is 18.8 Å². The molecule has 0 spiro atoms. The summed E-state index contributed by atoms with van der Waals surface area (Å²) < 4.78 is 13.7. The Morgan fingerprint density at radius 2 is 1.66 bits per heavy atom. The molecule has 1 aromatic heterocycles. The highest BCUT2D eigenvalue weighted by Gasteiger charge is 2.34. The Kier molecular flexibility index (Phi) is 8.26. The molecule has 8 heteroatoms. The van der Waals surface area contributed by atoms with Crippen LogP contribution in [0.2, 0.25) is 0 Å². The van der Waals surface area contributed by atoms with E-state index in [1.54, 1.807) is 29.6 Å². The van der Waals surface area contributed by atoms with Crippen LogP contribution >= 0.6 is 11.3 Å². The third-order valence-corrected chi connectivity index (χ3v) is 6.96. The molecule has 0 radical (unpaired) electrons. The largest absolute Gasteiger partial charge is 0.351 e. The van der Waals surface area contributed by atoms with Crippen LogP contribution in [0.25, 0.3) is 0 Å². The van der Waals surface area contributed by atoms with E-state index in [2.05, 4.69) is 10.6 Å². The summed E-state index contributed by atoms with van der Waals surface area (Å²) in [6.45, 7) is -0.311. The van der Waals surface area contributed by atoms with E-state index in [9.17, 15) is 18.8 Å². The van der Waals surface area contributed by atoms with Crippen LogP contribution in [0.1, 0.15) is 53.4 Å². The molecule has 6 nitrogen and oxygen atoms in total. The number of anilines is 1. The predicted molar refractivity (Wildman–Crippen MR) is 135 cm³/mol. The fraction of sp³-hybridized carbons (Fsp3) is 0.296. The first-order valence-corrected chi connectivity index (χ1v) is 12.7. The Morgan fingerprint density at radius 3 is 2.31 bits per heavy atom. The minimum atomic E-state index is -0.977. The van der Waals surface area contributed by atoms with Gasteiger partial charge in [0.05, 0.1) is 11.4 Å². The van der Waals surface area contributed by atoms with Gasteiger partial charge in [-0.05, 0) is 54.1 Å². The second kappa shape index (κ2) is 11.8. The number of benzene rings is 2. The van der Waals surface area contributed by atoms with Crippen LogP contribution in [0, 0.1) is 5.82 Å². The predicted octanol–water partition coefficient (Wildman–Crippen LogP) is 4.84. The summed E-state index contributed by atoms with van der Waals surface area (Å²) in [5.41, 5.74) is 0.998. The first kappa shape index (κ1) is 24.6. The van der Waals surface area contributed by atoms with Gasteiger partial charge in [0.25, 0.3) is 5.91 Å². The third kappa shape index (κ3) is 6.33. The van der Waals surface area contributed by atoms with Gasteiger partial charge >= 0.3 is 0 Å². The molecule has 1 fully saturated rings. The smallest absolute Gasteiger partial charge is 0.261 e. The van der Waals surface area contributed by atoms with Gasteiger partial charge in [0.15, 0.2) is 0 Å². The molecule has 2 N–H and O–H groups in total. The van der Waals surface area contributed by atoms with E-state index in [4.69, 9.17) is 0 Å². The van der Waals surface area contributed by atoms with Crippen molar-refractivity contribution >= 4 is 34.7 Å². The highest BCUT2D eigenvalue weighted by Crippen LogP contribution is 2.29. The molecule has 0 unspecified atom stereocenters. The minimum absolute atomic E-state index is 0.0474. The fourth-order valence-corrected chi connectivity index (χ4v) is 4.99. The molecular formula is C27H28FN3O3S. The summed E-state index contributed by atoms with van der Waals surface area (Å²) in [6, 6.07) is 17.0. The Bertz CT molecular complexity index is 1130. The van der Waals surface area contributed by atoms with E-state index in [-0.39, 0.29) is 24.4 Å². The van der Waals surface area contributed by atoms with Crippen LogP contribution < -0.4 is 15.5 Å². The van der Waals surface area contributed by atoms with E-state index >= 15 is 0 Å². The number of nitrogens with zero attached hydrogens (tertiary/aromatic N) is 1. The number of amides is 3. The van der Waals surface area contributed by atoms with Gasteiger partial charge in [-0.25, -0.2) is 4.39 Å². The molecule has 1 atom stereocenters. The lowest BCUT2D eigenvalue weighted by Crippen LogP contribution is -2.49. The number of thiophene rings is 1. The maximum Gasteiger partial charge on any atom is 0.261 e. The van der Waals surface area contributed by atoms with Crippen LogP contribution in [0.5, 0.6) is 0 Å². The molecule has 35 heavy (non-hydrogen) atoms. The number of hydrogen-bond donors (Lipinski definition) is 2. The van der Waals surface area contributed by atoms with Gasteiger partial charge in [0.1, 0.15) is 11.9 Å². The molecule has 1 heterocycles. The molecule has 0 saturated heterocycles. The summed E-state index contributed by atoms with van der Waals surface area (Å²) in [5, 5.41) is 7.56. The standard InChI is InChI=1S/C27H28FN3O3S/c28-20-13-15-22(16-14-20)31(24(32)18-29-26(33)23-12-7-17-35-23)25(19-8-3-1-4-9-19)27(34)30-21-10-5-2-6-11-21/h1,3-4,7-9,12-17,21,25H,2,5-6,10-11,18H2,(H,29,33)(H,30,34)/t25-/m1/s1. The average molecular weight is 494 g/mol. The number of nitrogens with one attached hydrogen (secondary N) is 2. The van der Waals surface area contributed by atoms with Gasteiger partial charge in [-0.2, -0.15) is 0 Å². The van der Waals surface area contributed by atoms with Gasteiger partial charge in [0, 0.05) is 11.7 Å². The minimum Gasteiger partial charge on any atom is -0.351 e. The molecule has 3 aromatic rings. The van der Waals surface area contributed by atoms with Crippen molar-refractivity contribution in [3.63, 3.8) is 0 Å². The van der Waals surface area contributed by atoms with Crippen LogP contribution in [0.4, 0.5) is 10.1 Å². The van der Waals surface area contributed by atoms with Crippen molar-refractivity contribution in [1.29, 1.82) is 0 Å². The van der Waals surface area contributed by atoms with Gasteiger partial charge in [-0.1, -0.05) is 55.7 Å². The quantitative estimate of drug-likeness (QED) is 0.471. The maximum atomic E-state index is 13.7. The Labute approximate surface area is 208 Å². The fourth-order valence-electron chi connectivity index (χ4n) is 4.35. The van der Waals surface area contributed by atoms with E-state index in [0.29, 0.717) is 16.1 Å². The summed E-state index contributed by atoms with van der Waals surface area (Å²) >= 11 is 1.27. The van der Waals surface area contributed by atoms with Crippen LogP contribution in [-0.4, -0.2) is 30.3 Å². The number of rotatable bonds is 8. The Balaban J connectivity index is 1.65.